The zero-order valence-electron chi connectivity index (χ0n) is 14.2. The van der Waals surface area contributed by atoms with Gasteiger partial charge in [-0.15, -0.1) is 0 Å². The van der Waals surface area contributed by atoms with Gasteiger partial charge in [0.1, 0.15) is 0 Å². The highest BCUT2D eigenvalue weighted by Crippen LogP contribution is 2.21. The Hall–Kier alpha value is -2.66. The number of nitrogens with zero attached hydrogens (tertiary/aromatic N) is 3. The number of hydrogen-bond donors (Lipinski definition) is 0. The molecule has 1 aliphatic rings. The largest absolute Gasteiger partial charge is 0.339 e. The van der Waals surface area contributed by atoms with Crippen LogP contribution in [0.1, 0.15) is 23.4 Å². The summed E-state index contributed by atoms with van der Waals surface area (Å²) in [5.74, 6) is 1.06. The van der Waals surface area contributed by atoms with Gasteiger partial charge in [0.05, 0.1) is 0 Å². The van der Waals surface area contributed by atoms with Crippen molar-refractivity contribution >= 4 is 17.5 Å². The number of aryl methyl sites for hydroxylation is 1. The summed E-state index contributed by atoms with van der Waals surface area (Å²) in [6, 6.07) is 15.6. The molecule has 3 aromatic rings. The van der Waals surface area contributed by atoms with Crippen molar-refractivity contribution in [3.63, 3.8) is 0 Å². The fourth-order valence-corrected chi connectivity index (χ4v) is 3.37. The van der Waals surface area contributed by atoms with E-state index in [1.807, 2.05) is 29.2 Å². The maximum Gasteiger partial charge on any atom is 0.227 e. The first-order valence-corrected chi connectivity index (χ1v) is 9.00. The molecule has 0 aliphatic carbocycles. The maximum atomic E-state index is 12.5. The molecule has 6 heteroatoms. The second-order valence-electron chi connectivity index (χ2n) is 6.36. The zero-order chi connectivity index (χ0) is 17.9. The van der Waals surface area contributed by atoms with Gasteiger partial charge in [0.2, 0.25) is 17.6 Å². The number of rotatable bonds is 4. The molecule has 2 heterocycles. The third-order valence-electron chi connectivity index (χ3n) is 4.59. The molecular formula is C20H18ClN3O2. The van der Waals surface area contributed by atoms with Crippen LogP contribution in [0.4, 0.5) is 0 Å². The molecule has 2 aromatic carbocycles. The molecule has 0 N–H and O–H groups in total. The summed E-state index contributed by atoms with van der Waals surface area (Å²) in [5.41, 5.74) is 3.36. The first kappa shape index (κ1) is 16.8. The number of carbonyl (C=O) groups excluding carboxylic acids is 1. The number of benzene rings is 2. The minimum Gasteiger partial charge on any atom is -0.339 e. The minimum atomic E-state index is 0.113. The monoisotopic (exact) mass is 367 g/mol. The molecule has 0 atom stereocenters. The van der Waals surface area contributed by atoms with E-state index in [-0.39, 0.29) is 5.91 Å². The lowest BCUT2D eigenvalue weighted by Crippen LogP contribution is -2.36. The predicted octanol–water partition coefficient (Wildman–Crippen LogP) is 3.91. The van der Waals surface area contributed by atoms with E-state index in [1.54, 1.807) is 12.1 Å². The van der Waals surface area contributed by atoms with Gasteiger partial charge in [-0.25, -0.2) is 0 Å². The van der Waals surface area contributed by atoms with E-state index in [0.29, 0.717) is 36.1 Å². The van der Waals surface area contributed by atoms with E-state index in [9.17, 15) is 4.79 Å². The molecule has 0 spiro atoms. The molecule has 1 amide bonds. The van der Waals surface area contributed by atoms with Gasteiger partial charge < -0.3 is 9.42 Å². The van der Waals surface area contributed by atoms with E-state index in [1.165, 1.54) is 11.1 Å². The Morgan fingerprint density at radius 3 is 2.85 bits per heavy atom. The van der Waals surface area contributed by atoms with Crippen molar-refractivity contribution in [3.8, 4) is 11.4 Å². The number of aromatic nitrogens is 2. The summed E-state index contributed by atoms with van der Waals surface area (Å²) < 4.78 is 5.28. The molecule has 26 heavy (non-hydrogen) atoms. The van der Waals surface area contributed by atoms with E-state index < -0.39 is 0 Å². The van der Waals surface area contributed by atoms with Crippen LogP contribution in [0.15, 0.2) is 53.1 Å². The topological polar surface area (TPSA) is 59.2 Å². The van der Waals surface area contributed by atoms with E-state index in [4.69, 9.17) is 16.1 Å². The SMILES string of the molecule is O=C(CCc1nc(-c2cccc(Cl)c2)no1)N1CCc2ccccc2C1. The van der Waals surface area contributed by atoms with E-state index in [2.05, 4.69) is 22.3 Å². The van der Waals surface area contributed by atoms with Gasteiger partial charge in [0.25, 0.3) is 0 Å². The Morgan fingerprint density at radius 2 is 2.00 bits per heavy atom. The van der Waals surface area contributed by atoms with Gasteiger partial charge in [-0.2, -0.15) is 4.98 Å². The third kappa shape index (κ3) is 3.63. The predicted molar refractivity (Wildman–Crippen MR) is 98.6 cm³/mol. The van der Waals surface area contributed by atoms with Crippen LogP contribution < -0.4 is 0 Å². The summed E-state index contributed by atoms with van der Waals surface area (Å²) in [4.78, 5) is 18.8. The first-order chi connectivity index (χ1) is 12.7. The average Bonchev–Trinajstić information content (AvgIpc) is 3.15. The second-order valence-corrected chi connectivity index (χ2v) is 6.79. The third-order valence-corrected chi connectivity index (χ3v) is 4.82. The smallest absolute Gasteiger partial charge is 0.227 e. The standard InChI is InChI=1S/C20H18ClN3O2/c21-17-7-3-6-15(12-17)20-22-18(26-23-20)8-9-19(25)24-11-10-14-4-1-2-5-16(14)13-24/h1-7,12H,8-11,13H2. The van der Waals surface area contributed by atoms with Crippen LogP contribution in [-0.4, -0.2) is 27.5 Å². The van der Waals surface area contributed by atoms with E-state index in [0.717, 1.165) is 18.5 Å². The van der Waals surface area contributed by atoms with Crippen molar-refractivity contribution in [1.29, 1.82) is 0 Å². The minimum absolute atomic E-state index is 0.113. The highest BCUT2D eigenvalue weighted by atomic mass is 35.5. The quantitative estimate of drug-likeness (QED) is 0.701. The number of carbonyl (C=O) groups is 1. The lowest BCUT2D eigenvalue weighted by molar-refractivity contribution is -0.132. The Morgan fingerprint density at radius 1 is 1.15 bits per heavy atom. The Kier molecular flexibility index (Phi) is 4.71. The number of amides is 1. The molecular weight excluding hydrogens is 350 g/mol. The summed E-state index contributed by atoms with van der Waals surface area (Å²) in [7, 11) is 0. The van der Waals surface area contributed by atoms with Crippen LogP contribution in [0.2, 0.25) is 5.02 Å². The normalized spacial score (nSPS) is 13.5. The molecule has 0 unspecified atom stereocenters. The highest BCUT2D eigenvalue weighted by Gasteiger charge is 2.21. The van der Waals surface area contributed by atoms with Gasteiger partial charge in [-0.05, 0) is 29.7 Å². The second kappa shape index (κ2) is 7.30. The van der Waals surface area contributed by atoms with Gasteiger partial charge in [-0.3, -0.25) is 4.79 Å². The van der Waals surface area contributed by atoms with Crippen LogP contribution in [0.25, 0.3) is 11.4 Å². The zero-order valence-corrected chi connectivity index (χ0v) is 14.9. The van der Waals surface area contributed by atoms with Crippen molar-refractivity contribution in [1.82, 2.24) is 15.0 Å². The van der Waals surface area contributed by atoms with Crippen LogP contribution in [-0.2, 0) is 24.2 Å². The highest BCUT2D eigenvalue weighted by molar-refractivity contribution is 6.30. The molecule has 132 valence electrons. The van der Waals surface area contributed by atoms with E-state index >= 15 is 0 Å². The first-order valence-electron chi connectivity index (χ1n) is 8.62. The molecule has 0 fully saturated rings. The fourth-order valence-electron chi connectivity index (χ4n) is 3.18. The molecule has 0 bridgehead atoms. The summed E-state index contributed by atoms with van der Waals surface area (Å²) >= 11 is 5.99. The molecule has 0 saturated carbocycles. The maximum absolute atomic E-state index is 12.5. The number of fused-ring (bicyclic) bond motifs is 1. The molecule has 1 aromatic heterocycles. The lowest BCUT2D eigenvalue weighted by Gasteiger charge is -2.28. The molecule has 4 rings (SSSR count). The van der Waals surface area contributed by atoms with Gasteiger partial charge in [-0.1, -0.05) is 53.2 Å². The van der Waals surface area contributed by atoms with Crippen LogP contribution in [0.5, 0.6) is 0 Å². The molecule has 0 saturated heterocycles. The Bertz CT molecular complexity index is 938. The molecule has 1 aliphatic heterocycles. The van der Waals surface area contributed by atoms with Crippen LogP contribution >= 0.6 is 11.6 Å². The number of halogens is 1. The fraction of sp³-hybridized carbons (Fsp3) is 0.250. The van der Waals surface area contributed by atoms with Crippen LogP contribution in [0, 0.1) is 0 Å². The van der Waals surface area contributed by atoms with Crippen molar-refractivity contribution in [3.05, 3.63) is 70.6 Å². The average molecular weight is 368 g/mol. The molecule has 5 nitrogen and oxygen atoms in total. The van der Waals surface area contributed by atoms with Gasteiger partial charge >= 0.3 is 0 Å². The summed E-state index contributed by atoms with van der Waals surface area (Å²) in [6.07, 6.45) is 1.70. The Balaban J connectivity index is 1.37. The van der Waals surface area contributed by atoms with Crippen molar-refractivity contribution in [2.45, 2.75) is 25.8 Å². The Labute approximate surface area is 156 Å². The summed E-state index contributed by atoms with van der Waals surface area (Å²) in [6.45, 7) is 1.43. The van der Waals surface area contributed by atoms with Crippen molar-refractivity contribution in [2.75, 3.05) is 6.54 Å². The van der Waals surface area contributed by atoms with Crippen LogP contribution in [0.3, 0.4) is 0 Å². The van der Waals surface area contributed by atoms with Gasteiger partial charge in [0, 0.05) is 36.5 Å². The summed E-state index contributed by atoms with van der Waals surface area (Å²) in [5, 5.41) is 4.60. The molecule has 0 radical (unpaired) electrons. The number of hydrogen-bond acceptors (Lipinski definition) is 4. The van der Waals surface area contributed by atoms with Crippen molar-refractivity contribution < 1.29 is 9.32 Å². The van der Waals surface area contributed by atoms with Gasteiger partial charge in [0.15, 0.2) is 0 Å². The lowest BCUT2D eigenvalue weighted by atomic mass is 9.99. The van der Waals surface area contributed by atoms with Crippen molar-refractivity contribution in [2.24, 2.45) is 0 Å².